The van der Waals surface area contributed by atoms with Crippen molar-refractivity contribution in [3.05, 3.63) is 22.4 Å². The first-order valence-electron chi connectivity index (χ1n) is 5.56. The van der Waals surface area contributed by atoms with E-state index < -0.39 is 18.3 Å². The highest BCUT2D eigenvalue weighted by molar-refractivity contribution is 5.76. The fourth-order valence-corrected chi connectivity index (χ4v) is 2.20. The predicted molar refractivity (Wildman–Crippen MR) is 59.8 cm³/mol. The molecule has 0 amide bonds. The number of rotatable bonds is 2. The summed E-state index contributed by atoms with van der Waals surface area (Å²) in [4.78, 5) is 18.1. The van der Waals surface area contributed by atoms with Crippen molar-refractivity contribution in [2.24, 2.45) is 0 Å². The van der Waals surface area contributed by atoms with Crippen molar-refractivity contribution < 1.29 is 14.9 Å². The van der Waals surface area contributed by atoms with Crippen LogP contribution < -0.4 is 5.56 Å². The van der Waals surface area contributed by atoms with Gasteiger partial charge >= 0.3 is 0 Å². The second-order valence-electron chi connectivity index (χ2n) is 4.22. The Bertz CT molecular complexity index is 622. The maximum atomic E-state index is 11.7. The first kappa shape index (κ1) is 11.3. The quantitative estimate of drug-likeness (QED) is 0.534. The first-order valence-corrected chi connectivity index (χ1v) is 5.56. The smallest absolute Gasteiger partial charge is 0.262 e. The van der Waals surface area contributed by atoms with Crippen LogP contribution in [0.1, 0.15) is 18.2 Å². The topological polar surface area (TPSA) is 124 Å². The van der Waals surface area contributed by atoms with Crippen LogP contribution in [-0.4, -0.2) is 49.2 Å². The van der Waals surface area contributed by atoms with E-state index in [-0.39, 0.29) is 12.2 Å². The molecule has 0 aliphatic carbocycles. The molecule has 1 aliphatic rings. The summed E-state index contributed by atoms with van der Waals surface area (Å²) >= 11 is 0. The Labute approximate surface area is 101 Å². The molecule has 4 N–H and O–H groups in total. The van der Waals surface area contributed by atoms with Crippen molar-refractivity contribution in [1.82, 2.24) is 20.2 Å². The number of fused-ring (bicyclic) bond motifs is 1. The van der Waals surface area contributed by atoms with Crippen LogP contribution in [0.25, 0.3) is 11.0 Å². The summed E-state index contributed by atoms with van der Waals surface area (Å²) < 4.78 is 5.48. The highest BCUT2D eigenvalue weighted by Crippen LogP contribution is 2.33. The monoisotopic (exact) mass is 252 g/mol. The lowest BCUT2D eigenvalue weighted by Crippen LogP contribution is -2.24. The molecular weight excluding hydrogens is 240 g/mol. The molecule has 0 aromatic carbocycles. The van der Waals surface area contributed by atoms with Gasteiger partial charge in [-0.05, 0) is 0 Å². The number of ether oxygens (including phenoxy) is 1. The summed E-state index contributed by atoms with van der Waals surface area (Å²) in [5.41, 5.74) is 0.475. The average molecular weight is 252 g/mol. The summed E-state index contributed by atoms with van der Waals surface area (Å²) in [7, 11) is 0. The Kier molecular flexibility index (Phi) is 2.62. The summed E-state index contributed by atoms with van der Waals surface area (Å²) in [5, 5.41) is 25.7. The van der Waals surface area contributed by atoms with E-state index in [4.69, 9.17) is 9.84 Å². The second kappa shape index (κ2) is 4.16. The molecule has 3 heterocycles. The van der Waals surface area contributed by atoms with Crippen molar-refractivity contribution in [3.63, 3.8) is 0 Å². The first-order chi connectivity index (χ1) is 8.70. The van der Waals surface area contributed by atoms with E-state index in [1.807, 2.05) is 0 Å². The number of aliphatic hydroxyl groups excluding tert-OH is 2. The molecule has 2 aromatic heterocycles. The van der Waals surface area contributed by atoms with E-state index in [9.17, 15) is 9.90 Å². The molecule has 3 atom stereocenters. The lowest BCUT2D eigenvalue weighted by molar-refractivity contribution is -0.0232. The van der Waals surface area contributed by atoms with Gasteiger partial charge in [-0.1, -0.05) is 0 Å². The molecule has 1 unspecified atom stereocenters. The summed E-state index contributed by atoms with van der Waals surface area (Å²) in [6.45, 7) is -0.266. The third-order valence-electron chi connectivity index (χ3n) is 3.11. The van der Waals surface area contributed by atoms with Crippen LogP contribution in [0, 0.1) is 0 Å². The zero-order valence-corrected chi connectivity index (χ0v) is 9.33. The van der Waals surface area contributed by atoms with Gasteiger partial charge < -0.3 is 19.9 Å². The lowest BCUT2D eigenvalue weighted by Gasteiger charge is -2.10. The number of nitrogens with zero attached hydrogens (tertiary/aromatic N) is 2. The van der Waals surface area contributed by atoms with Gasteiger partial charge in [0.05, 0.1) is 24.7 Å². The molecule has 8 heteroatoms. The van der Waals surface area contributed by atoms with Crippen LogP contribution in [-0.2, 0) is 4.74 Å². The normalized spacial score (nSPS) is 28.0. The number of aromatic amines is 2. The molecule has 2 aromatic rings. The van der Waals surface area contributed by atoms with E-state index in [1.165, 1.54) is 6.33 Å². The second-order valence-corrected chi connectivity index (χ2v) is 4.22. The zero-order valence-electron chi connectivity index (χ0n) is 9.33. The number of aliphatic hydroxyl groups is 2. The van der Waals surface area contributed by atoms with E-state index >= 15 is 0 Å². The van der Waals surface area contributed by atoms with E-state index in [0.717, 1.165) is 0 Å². The Balaban J connectivity index is 2.03. The van der Waals surface area contributed by atoms with Crippen LogP contribution in [0.15, 0.2) is 11.1 Å². The van der Waals surface area contributed by atoms with Gasteiger partial charge in [0, 0.05) is 6.42 Å². The van der Waals surface area contributed by atoms with Crippen LogP contribution in [0.4, 0.5) is 0 Å². The molecule has 1 aliphatic heterocycles. The van der Waals surface area contributed by atoms with E-state index in [1.54, 1.807) is 0 Å². The highest BCUT2D eigenvalue weighted by Gasteiger charge is 2.36. The molecule has 0 spiro atoms. The van der Waals surface area contributed by atoms with Crippen molar-refractivity contribution in [3.8, 4) is 0 Å². The number of aromatic nitrogens is 4. The van der Waals surface area contributed by atoms with Crippen molar-refractivity contribution in [2.45, 2.75) is 24.7 Å². The summed E-state index contributed by atoms with van der Waals surface area (Å²) in [5.74, 6) is 0. The van der Waals surface area contributed by atoms with Gasteiger partial charge in [0.2, 0.25) is 0 Å². The maximum absolute atomic E-state index is 11.7. The molecule has 8 nitrogen and oxygen atoms in total. The van der Waals surface area contributed by atoms with E-state index in [2.05, 4.69) is 20.2 Å². The molecule has 1 fully saturated rings. The van der Waals surface area contributed by atoms with Gasteiger partial charge in [0.1, 0.15) is 17.6 Å². The number of hydrogen-bond acceptors (Lipinski definition) is 6. The van der Waals surface area contributed by atoms with Crippen LogP contribution in [0.3, 0.4) is 0 Å². The van der Waals surface area contributed by atoms with E-state index in [0.29, 0.717) is 23.1 Å². The number of H-pyrrole nitrogens is 2. The Morgan fingerprint density at radius 3 is 3.11 bits per heavy atom. The van der Waals surface area contributed by atoms with Crippen LogP contribution in [0.2, 0.25) is 0 Å². The average Bonchev–Trinajstić information content (AvgIpc) is 2.93. The van der Waals surface area contributed by atoms with Crippen LogP contribution in [0.5, 0.6) is 0 Å². The summed E-state index contributed by atoms with van der Waals surface area (Å²) in [6.07, 6.45) is -0.307. The molecule has 18 heavy (non-hydrogen) atoms. The maximum Gasteiger partial charge on any atom is 0.262 e. The largest absolute Gasteiger partial charge is 0.394 e. The Morgan fingerprint density at radius 2 is 2.39 bits per heavy atom. The van der Waals surface area contributed by atoms with Crippen molar-refractivity contribution >= 4 is 11.0 Å². The minimum absolute atomic E-state index is 0.266. The van der Waals surface area contributed by atoms with Gasteiger partial charge in [-0.2, -0.15) is 5.10 Å². The molecular formula is C10H12N4O4. The van der Waals surface area contributed by atoms with Gasteiger partial charge in [-0.15, -0.1) is 0 Å². The molecule has 0 radical (unpaired) electrons. The lowest BCUT2D eigenvalue weighted by atomic mass is 10.1. The van der Waals surface area contributed by atoms with Crippen LogP contribution >= 0.6 is 0 Å². The molecule has 3 rings (SSSR count). The van der Waals surface area contributed by atoms with Crippen molar-refractivity contribution in [2.75, 3.05) is 6.61 Å². The number of hydrogen-bond donors (Lipinski definition) is 4. The van der Waals surface area contributed by atoms with Gasteiger partial charge in [0.15, 0.2) is 5.65 Å². The number of nitrogens with one attached hydrogen (secondary N) is 2. The fourth-order valence-electron chi connectivity index (χ4n) is 2.20. The van der Waals surface area contributed by atoms with Gasteiger partial charge in [0.25, 0.3) is 5.56 Å². The standard InChI is InChI=1S/C10H12N4O4/c15-2-6-4(16)1-5(18-6)8-7-9(14-13-8)11-3-12-10(7)17/h3-6,15-16H,1-2H2,(H2,11,12,13,14,17)/t4-,5?,6+/m0/s1. The third kappa shape index (κ3) is 1.62. The molecule has 96 valence electrons. The summed E-state index contributed by atoms with van der Waals surface area (Å²) in [6, 6.07) is 0. The van der Waals surface area contributed by atoms with Gasteiger partial charge in [-0.25, -0.2) is 4.98 Å². The van der Waals surface area contributed by atoms with Crippen molar-refractivity contribution in [1.29, 1.82) is 0 Å². The fraction of sp³-hybridized carbons (Fsp3) is 0.500. The zero-order chi connectivity index (χ0) is 12.7. The Morgan fingerprint density at radius 1 is 1.56 bits per heavy atom. The third-order valence-corrected chi connectivity index (χ3v) is 3.11. The minimum atomic E-state index is -0.755. The molecule has 0 bridgehead atoms. The predicted octanol–water partition coefficient (Wildman–Crippen LogP) is -1.17. The SMILES string of the molecule is O=c1[nH]cnc2n[nH]c(C3C[C@H](O)[C@@H](CO)O3)c12. The Hall–Kier alpha value is -1.77. The minimum Gasteiger partial charge on any atom is -0.394 e. The highest BCUT2D eigenvalue weighted by atomic mass is 16.5. The molecule has 0 saturated carbocycles. The molecule has 1 saturated heterocycles. The van der Waals surface area contributed by atoms with Gasteiger partial charge in [-0.3, -0.25) is 9.89 Å².